The molecule has 2 heterocycles. The summed E-state index contributed by atoms with van der Waals surface area (Å²) in [4.78, 5) is 12.8. The van der Waals surface area contributed by atoms with Crippen LogP contribution in [0.25, 0.3) is 10.8 Å². The normalized spacial score (nSPS) is 12.6. The highest BCUT2D eigenvalue weighted by molar-refractivity contribution is 6.16. The van der Waals surface area contributed by atoms with E-state index in [0.29, 0.717) is 12.4 Å². The molecule has 0 saturated carbocycles. The number of nitrogens with one attached hydrogen (secondary N) is 1. The summed E-state index contributed by atoms with van der Waals surface area (Å²) < 4.78 is 0. The number of anilines is 3. The molecule has 0 atom stereocenters. The quantitative estimate of drug-likeness (QED) is 0.508. The Kier molecular flexibility index (Phi) is 3.69. The molecule has 0 unspecified atom stereocenters. The minimum Gasteiger partial charge on any atom is -0.508 e. The number of aromatic nitrogens is 2. The van der Waals surface area contributed by atoms with Crippen molar-refractivity contribution in [3.8, 4) is 5.75 Å². The third-order valence-electron chi connectivity index (χ3n) is 4.82. The average molecular weight is 367 g/mol. The zero-order chi connectivity index (χ0) is 19.1. The van der Waals surface area contributed by atoms with E-state index in [0.717, 1.165) is 33.3 Å². The van der Waals surface area contributed by atoms with E-state index in [1.807, 2.05) is 12.1 Å². The molecule has 28 heavy (non-hydrogen) atoms. The van der Waals surface area contributed by atoms with Gasteiger partial charge in [-0.3, -0.25) is 4.99 Å². The van der Waals surface area contributed by atoms with Crippen LogP contribution in [-0.4, -0.2) is 20.8 Å². The number of hydrogen-bond acceptors (Lipinski definition) is 6. The maximum Gasteiger partial charge on any atom is 0.221 e. The lowest BCUT2D eigenvalue weighted by Gasteiger charge is -2.10. The molecule has 0 bridgehead atoms. The van der Waals surface area contributed by atoms with Crippen LogP contribution in [0, 0.1) is 0 Å². The highest BCUT2D eigenvalue weighted by Crippen LogP contribution is 2.29. The Hall–Kier alpha value is -3.93. The molecule has 0 amide bonds. The summed E-state index contributed by atoms with van der Waals surface area (Å²) in [6.45, 7) is 0.656. The predicted octanol–water partition coefficient (Wildman–Crippen LogP) is 4.01. The highest BCUT2D eigenvalue weighted by atomic mass is 16.3. The van der Waals surface area contributed by atoms with Crippen LogP contribution < -0.4 is 11.1 Å². The number of phenols is 1. The molecule has 6 heteroatoms. The minimum absolute atomic E-state index is 0.229. The zero-order valence-electron chi connectivity index (χ0n) is 14.9. The summed E-state index contributed by atoms with van der Waals surface area (Å²) in [6, 6.07) is 19.5. The molecule has 5 rings (SSSR count). The van der Waals surface area contributed by atoms with Gasteiger partial charge in [-0.05, 0) is 52.7 Å². The fraction of sp³-hybridized carbons (Fsp3) is 0.0455. The van der Waals surface area contributed by atoms with E-state index in [-0.39, 0.29) is 11.7 Å². The smallest absolute Gasteiger partial charge is 0.221 e. The number of phenolic OH excluding ortho intramolecular Hbond substituents is 1. The summed E-state index contributed by atoms with van der Waals surface area (Å²) in [5.74, 6) is 1.13. The molecule has 0 saturated heterocycles. The Labute approximate surface area is 161 Å². The lowest BCUT2D eigenvalue weighted by molar-refractivity contribution is 0.476. The van der Waals surface area contributed by atoms with Gasteiger partial charge in [0.25, 0.3) is 0 Å². The summed E-state index contributed by atoms with van der Waals surface area (Å²) in [6.07, 6.45) is 1.62. The molecule has 136 valence electrons. The number of rotatable bonds is 3. The topological polar surface area (TPSA) is 96.4 Å². The second-order valence-corrected chi connectivity index (χ2v) is 6.71. The largest absolute Gasteiger partial charge is 0.508 e. The van der Waals surface area contributed by atoms with Crippen LogP contribution >= 0.6 is 0 Å². The van der Waals surface area contributed by atoms with Crippen LogP contribution in [0.5, 0.6) is 5.75 Å². The molecule has 0 spiro atoms. The van der Waals surface area contributed by atoms with Gasteiger partial charge in [-0.15, -0.1) is 0 Å². The Morgan fingerprint density at radius 2 is 1.82 bits per heavy atom. The number of benzene rings is 3. The Morgan fingerprint density at radius 1 is 0.929 bits per heavy atom. The van der Waals surface area contributed by atoms with E-state index >= 15 is 0 Å². The van der Waals surface area contributed by atoms with Gasteiger partial charge in [0.1, 0.15) is 11.6 Å². The van der Waals surface area contributed by atoms with E-state index in [9.17, 15) is 5.11 Å². The van der Waals surface area contributed by atoms with Gasteiger partial charge in [0.2, 0.25) is 5.95 Å². The molecule has 0 aliphatic carbocycles. The van der Waals surface area contributed by atoms with Crippen molar-refractivity contribution in [3.63, 3.8) is 0 Å². The Morgan fingerprint density at radius 3 is 2.71 bits per heavy atom. The van der Waals surface area contributed by atoms with Crippen LogP contribution in [0.15, 0.2) is 71.9 Å². The van der Waals surface area contributed by atoms with Crippen molar-refractivity contribution in [1.82, 2.24) is 9.97 Å². The van der Waals surface area contributed by atoms with Gasteiger partial charge >= 0.3 is 0 Å². The Balaban J connectivity index is 1.51. The van der Waals surface area contributed by atoms with Crippen LogP contribution in [-0.2, 0) is 6.54 Å². The van der Waals surface area contributed by atoms with Gasteiger partial charge in [0, 0.05) is 23.0 Å². The van der Waals surface area contributed by atoms with Gasteiger partial charge in [-0.1, -0.05) is 24.3 Å². The summed E-state index contributed by atoms with van der Waals surface area (Å²) in [7, 11) is 0. The molecule has 1 aliphatic rings. The number of nitrogens with zero attached hydrogens (tertiary/aromatic N) is 3. The molecule has 3 aromatic carbocycles. The van der Waals surface area contributed by atoms with Crippen molar-refractivity contribution in [1.29, 1.82) is 0 Å². The van der Waals surface area contributed by atoms with Crippen molar-refractivity contribution < 1.29 is 5.11 Å². The van der Waals surface area contributed by atoms with Gasteiger partial charge in [0.05, 0.1) is 12.3 Å². The van der Waals surface area contributed by atoms with Gasteiger partial charge < -0.3 is 16.2 Å². The van der Waals surface area contributed by atoms with Gasteiger partial charge in [-0.25, -0.2) is 4.98 Å². The highest BCUT2D eigenvalue weighted by Gasteiger charge is 2.18. The fourth-order valence-corrected chi connectivity index (χ4v) is 3.48. The van der Waals surface area contributed by atoms with Crippen LogP contribution in [0.1, 0.15) is 16.7 Å². The standard InChI is InChI=1S/C22H17N5O/c23-22-24-8-7-20(27-22)26-17-5-3-15-12-25-21(19(15)11-17)14-2-1-13-4-6-18(28)10-16(13)9-14/h1-11,28H,12H2,(H3,23,24,26,27). The average Bonchev–Trinajstić information content (AvgIpc) is 3.10. The lowest BCUT2D eigenvalue weighted by Crippen LogP contribution is -2.03. The van der Waals surface area contributed by atoms with Crippen molar-refractivity contribution in [2.75, 3.05) is 11.1 Å². The first-order chi connectivity index (χ1) is 13.7. The number of nitrogen functional groups attached to an aromatic ring is 1. The lowest BCUT2D eigenvalue weighted by atomic mass is 9.97. The molecule has 6 nitrogen and oxygen atoms in total. The van der Waals surface area contributed by atoms with Crippen molar-refractivity contribution >= 4 is 33.9 Å². The molecule has 4 N–H and O–H groups in total. The van der Waals surface area contributed by atoms with Crippen LogP contribution in [0.3, 0.4) is 0 Å². The molecule has 1 aliphatic heterocycles. The maximum absolute atomic E-state index is 9.78. The second-order valence-electron chi connectivity index (χ2n) is 6.71. The van der Waals surface area contributed by atoms with Crippen LogP contribution in [0.2, 0.25) is 0 Å². The van der Waals surface area contributed by atoms with E-state index in [4.69, 9.17) is 10.7 Å². The van der Waals surface area contributed by atoms with E-state index in [2.05, 4.69) is 45.6 Å². The van der Waals surface area contributed by atoms with Crippen molar-refractivity contribution in [3.05, 3.63) is 83.6 Å². The monoisotopic (exact) mass is 367 g/mol. The Bertz CT molecular complexity index is 1250. The van der Waals surface area contributed by atoms with E-state index < -0.39 is 0 Å². The van der Waals surface area contributed by atoms with Gasteiger partial charge in [-0.2, -0.15) is 4.98 Å². The van der Waals surface area contributed by atoms with Gasteiger partial charge in [0.15, 0.2) is 0 Å². The summed E-state index contributed by atoms with van der Waals surface area (Å²) in [5, 5.41) is 15.1. The maximum atomic E-state index is 9.78. The minimum atomic E-state index is 0.229. The molecule has 1 aromatic heterocycles. The van der Waals surface area contributed by atoms with E-state index in [1.165, 1.54) is 5.56 Å². The predicted molar refractivity (Wildman–Crippen MR) is 111 cm³/mol. The fourth-order valence-electron chi connectivity index (χ4n) is 3.48. The molecule has 0 radical (unpaired) electrons. The molecular weight excluding hydrogens is 350 g/mol. The van der Waals surface area contributed by atoms with Crippen molar-refractivity contribution in [2.45, 2.75) is 6.54 Å². The number of hydrogen-bond donors (Lipinski definition) is 3. The SMILES string of the molecule is Nc1nccc(Nc2ccc3c(c2)C(c2ccc4ccc(O)cc4c2)=NC3)n1. The second kappa shape index (κ2) is 6.35. The number of fused-ring (bicyclic) bond motifs is 2. The van der Waals surface area contributed by atoms with Crippen molar-refractivity contribution in [2.24, 2.45) is 4.99 Å². The number of aromatic hydroxyl groups is 1. The zero-order valence-corrected chi connectivity index (χ0v) is 14.9. The van der Waals surface area contributed by atoms with Crippen LogP contribution in [0.4, 0.5) is 17.5 Å². The summed E-state index contributed by atoms with van der Waals surface area (Å²) >= 11 is 0. The first-order valence-corrected chi connectivity index (χ1v) is 8.92. The third kappa shape index (κ3) is 2.91. The molecular formula is C22H17N5O. The molecule has 4 aromatic rings. The first kappa shape index (κ1) is 16.3. The third-order valence-corrected chi connectivity index (χ3v) is 4.82. The summed E-state index contributed by atoms with van der Waals surface area (Å²) in [5.41, 5.74) is 10.8. The number of aliphatic imine (C=N–C) groups is 1. The van der Waals surface area contributed by atoms with E-state index in [1.54, 1.807) is 24.4 Å². The first-order valence-electron chi connectivity index (χ1n) is 8.92. The number of nitrogens with two attached hydrogens (primary N) is 1. The molecule has 0 fully saturated rings.